The minimum Gasteiger partial charge on any atom is -0.294 e. The van der Waals surface area contributed by atoms with E-state index in [9.17, 15) is 4.79 Å². The van der Waals surface area contributed by atoms with Gasteiger partial charge in [0.25, 0.3) is 5.56 Å². The molecule has 0 saturated heterocycles. The van der Waals surface area contributed by atoms with Gasteiger partial charge in [0.15, 0.2) is 5.65 Å². The van der Waals surface area contributed by atoms with Crippen LogP contribution in [0, 0.1) is 6.92 Å². The van der Waals surface area contributed by atoms with Crippen LogP contribution in [0.3, 0.4) is 0 Å². The van der Waals surface area contributed by atoms with E-state index < -0.39 is 0 Å². The number of aryl methyl sites for hydroxylation is 3. The van der Waals surface area contributed by atoms with Crippen molar-refractivity contribution in [2.45, 2.75) is 46.0 Å². The maximum atomic E-state index is 12.3. The van der Waals surface area contributed by atoms with Gasteiger partial charge in [-0.05, 0) is 39.0 Å². The summed E-state index contributed by atoms with van der Waals surface area (Å²) in [5.41, 5.74) is 5.09. The Bertz CT molecular complexity index is 636. The van der Waals surface area contributed by atoms with Gasteiger partial charge < -0.3 is 0 Å². The van der Waals surface area contributed by atoms with Crippen LogP contribution in [-0.2, 0) is 19.3 Å². The second kappa shape index (κ2) is 3.72. The average Bonchev–Trinajstić information content (AvgIpc) is 2.66. The van der Waals surface area contributed by atoms with Crippen LogP contribution >= 0.6 is 0 Å². The molecule has 17 heavy (non-hydrogen) atoms. The Morgan fingerprint density at radius 3 is 2.88 bits per heavy atom. The van der Waals surface area contributed by atoms with Gasteiger partial charge in [0, 0.05) is 16.8 Å². The quantitative estimate of drug-likeness (QED) is 0.813. The predicted octanol–water partition coefficient (Wildman–Crippen LogP) is 1.77. The van der Waals surface area contributed by atoms with Crippen LogP contribution < -0.4 is 5.56 Å². The number of aromatic nitrogens is 3. The minimum absolute atomic E-state index is 0.104. The summed E-state index contributed by atoms with van der Waals surface area (Å²) < 4.78 is 1.62. The second-order valence-electron chi connectivity index (χ2n) is 4.78. The lowest BCUT2D eigenvalue weighted by molar-refractivity contribution is 0.650. The van der Waals surface area contributed by atoms with Crippen LogP contribution in [0.4, 0.5) is 0 Å². The van der Waals surface area contributed by atoms with E-state index in [-0.39, 0.29) is 5.56 Å². The molecule has 3 rings (SSSR count). The molecule has 0 radical (unpaired) electrons. The maximum Gasteiger partial charge on any atom is 0.276 e. The first-order valence-electron chi connectivity index (χ1n) is 6.34. The van der Waals surface area contributed by atoms with Gasteiger partial charge in [0.2, 0.25) is 0 Å². The van der Waals surface area contributed by atoms with Crippen molar-refractivity contribution >= 4 is 5.65 Å². The van der Waals surface area contributed by atoms with Crippen LogP contribution in [-0.4, -0.2) is 14.6 Å². The third-order valence-electron chi connectivity index (χ3n) is 3.71. The molecule has 0 aromatic carbocycles. The predicted molar refractivity (Wildman–Crippen MR) is 66.6 cm³/mol. The van der Waals surface area contributed by atoms with E-state index in [4.69, 9.17) is 4.98 Å². The fourth-order valence-corrected chi connectivity index (χ4v) is 2.78. The zero-order chi connectivity index (χ0) is 12.0. The van der Waals surface area contributed by atoms with Crippen LogP contribution in [0.5, 0.6) is 0 Å². The molecule has 0 atom stereocenters. The van der Waals surface area contributed by atoms with Crippen LogP contribution in [0.2, 0.25) is 0 Å². The van der Waals surface area contributed by atoms with Gasteiger partial charge in [-0.25, -0.2) is 9.50 Å². The van der Waals surface area contributed by atoms with Crippen molar-refractivity contribution in [3.05, 3.63) is 32.9 Å². The standard InChI is InChI=1S/C13H17N3O/c1-3-9-8(2)15-16-12(9)14-11-7-5-4-6-10(11)13(16)17/h15H,3-7H2,1-2H3. The third-order valence-corrected chi connectivity index (χ3v) is 3.71. The summed E-state index contributed by atoms with van der Waals surface area (Å²) in [5.74, 6) is 0. The molecule has 0 bridgehead atoms. The van der Waals surface area contributed by atoms with Gasteiger partial charge in [-0.3, -0.25) is 9.89 Å². The number of H-pyrrole nitrogens is 1. The molecular formula is C13H17N3O. The number of hydrogen-bond donors (Lipinski definition) is 1. The fourth-order valence-electron chi connectivity index (χ4n) is 2.78. The first-order chi connectivity index (χ1) is 8.22. The molecule has 0 spiro atoms. The second-order valence-corrected chi connectivity index (χ2v) is 4.78. The maximum absolute atomic E-state index is 12.3. The summed E-state index contributed by atoms with van der Waals surface area (Å²) in [4.78, 5) is 17.0. The van der Waals surface area contributed by atoms with Crippen LogP contribution in [0.15, 0.2) is 4.79 Å². The minimum atomic E-state index is 0.104. The number of nitrogens with zero attached hydrogens (tertiary/aromatic N) is 2. The highest BCUT2D eigenvalue weighted by Gasteiger charge is 2.19. The summed E-state index contributed by atoms with van der Waals surface area (Å²) in [6.45, 7) is 4.10. The Balaban J connectivity index is 2.40. The first kappa shape index (κ1) is 10.6. The molecule has 1 N–H and O–H groups in total. The smallest absolute Gasteiger partial charge is 0.276 e. The van der Waals surface area contributed by atoms with E-state index in [2.05, 4.69) is 12.0 Å². The van der Waals surface area contributed by atoms with Crippen molar-refractivity contribution in [1.29, 1.82) is 0 Å². The van der Waals surface area contributed by atoms with E-state index in [1.165, 1.54) is 0 Å². The van der Waals surface area contributed by atoms with Crippen molar-refractivity contribution in [1.82, 2.24) is 14.6 Å². The van der Waals surface area contributed by atoms with E-state index in [1.54, 1.807) is 4.52 Å². The highest BCUT2D eigenvalue weighted by Crippen LogP contribution is 2.19. The lowest BCUT2D eigenvalue weighted by Crippen LogP contribution is -2.25. The summed E-state index contributed by atoms with van der Waals surface area (Å²) in [5, 5.41) is 3.14. The summed E-state index contributed by atoms with van der Waals surface area (Å²) >= 11 is 0. The molecule has 0 saturated carbocycles. The third kappa shape index (κ3) is 1.43. The van der Waals surface area contributed by atoms with Crippen molar-refractivity contribution in [2.24, 2.45) is 0 Å². The normalized spacial score (nSPS) is 15.2. The Kier molecular flexibility index (Phi) is 2.31. The van der Waals surface area contributed by atoms with Crippen molar-refractivity contribution < 1.29 is 0 Å². The number of rotatable bonds is 1. The summed E-state index contributed by atoms with van der Waals surface area (Å²) in [6, 6.07) is 0. The van der Waals surface area contributed by atoms with E-state index >= 15 is 0 Å². The number of fused-ring (bicyclic) bond motifs is 2. The van der Waals surface area contributed by atoms with Crippen LogP contribution in [0.25, 0.3) is 5.65 Å². The average molecular weight is 231 g/mol. The monoisotopic (exact) mass is 231 g/mol. The van der Waals surface area contributed by atoms with E-state index in [0.29, 0.717) is 0 Å². The molecule has 1 aliphatic carbocycles. The fraction of sp³-hybridized carbons (Fsp3) is 0.538. The molecule has 0 unspecified atom stereocenters. The highest BCUT2D eigenvalue weighted by atomic mass is 16.1. The molecule has 0 aliphatic heterocycles. The summed E-state index contributed by atoms with van der Waals surface area (Å²) in [6.07, 6.45) is 5.00. The lowest BCUT2D eigenvalue weighted by Gasteiger charge is -2.13. The van der Waals surface area contributed by atoms with Gasteiger partial charge >= 0.3 is 0 Å². The van der Waals surface area contributed by atoms with E-state index in [0.717, 1.165) is 60.3 Å². The molecular weight excluding hydrogens is 214 g/mol. The largest absolute Gasteiger partial charge is 0.294 e. The lowest BCUT2D eigenvalue weighted by atomic mass is 9.97. The molecule has 2 aromatic heterocycles. The van der Waals surface area contributed by atoms with Gasteiger partial charge in [-0.15, -0.1) is 0 Å². The number of hydrogen-bond acceptors (Lipinski definition) is 2. The molecule has 0 fully saturated rings. The Hall–Kier alpha value is -1.58. The van der Waals surface area contributed by atoms with E-state index in [1.807, 2.05) is 6.92 Å². The number of nitrogens with one attached hydrogen (secondary N) is 1. The van der Waals surface area contributed by atoms with Crippen molar-refractivity contribution in [3.8, 4) is 0 Å². The van der Waals surface area contributed by atoms with Crippen LogP contribution in [0.1, 0.15) is 42.3 Å². The van der Waals surface area contributed by atoms with Gasteiger partial charge in [0.1, 0.15) is 0 Å². The van der Waals surface area contributed by atoms with Crippen molar-refractivity contribution in [2.75, 3.05) is 0 Å². The van der Waals surface area contributed by atoms with Gasteiger partial charge in [-0.1, -0.05) is 6.92 Å². The molecule has 90 valence electrons. The molecule has 4 nitrogen and oxygen atoms in total. The Morgan fingerprint density at radius 2 is 2.12 bits per heavy atom. The Morgan fingerprint density at radius 1 is 1.35 bits per heavy atom. The molecule has 2 heterocycles. The van der Waals surface area contributed by atoms with Gasteiger partial charge in [-0.2, -0.15) is 0 Å². The number of aromatic amines is 1. The topological polar surface area (TPSA) is 50.2 Å². The zero-order valence-electron chi connectivity index (χ0n) is 10.3. The van der Waals surface area contributed by atoms with Crippen molar-refractivity contribution in [3.63, 3.8) is 0 Å². The van der Waals surface area contributed by atoms with Gasteiger partial charge in [0.05, 0.1) is 5.69 Å². The first-order valence-corrected chi connectivity index (χ1v) is 6.34. The molecule has 1 aliphatic rings. The zero-order valence-corrected chi connectivity index (χ0v) is 10.3. The highest BCUT2D eigenvalue weighted by molar-refractivity contribution is 5.51. The molecule has 2 aromatic rings. The SMILES string of the molecule is CCc1c(C)[nH]n2c(=O)c3c(nc12)CCCC3. The molecule has 0 amide bonds. The Labute approximate surface area is 99.7 Å². The summed E-state index contributed by atoms with van der Waals surface area (Å²) in [7, 11) is 0. The molecule has 4 heteroatoms.